The molecule has 0 saturated carbocycles. The third kappa shape index (κ3) is 3.54. The lowest BCUT2D eigenvalue weighted by molar-refractivity contribution is 0.0695. The fourth-order valence-corrected chi connectivity index (χ4v) is 1.97. The van der Waals surface area contributed by atoms with Crippen LogP contribution in [0.5, 0.6) is 5.75 Å². The van der Waals surface area contributed by atoms with Crippen molar-refractivity contribution in [3.8, 4) is 5.75 Å². The number of carboxylic acids is 1. The summed E-state index contributed by atoms with van der Waals surface area (Å²) >= 11 is 3.15. The van der Waals surface area contributed by atoms with Crippen LogP contribution in [0.4, 0.5) is 4.39 Å². The van der Waals surface area contributed by atoms with Crippen LogP contribution in [0.15, 0.2) is 46.9 Å². The Kier molecular flexibility index (Phi) is 4.16. The highest BCUT2D eigenvalue weighted by Crippen LogP contribution is 2.23. The van der Waals surface area contributed by atoms with Crippen molar-refractivity contribution in [2.45, 2.75) is 6.61 Å². The van der Waals surface area contributed by atoms with Gasteiger partial charge in [0.25, 0.3) is 0 Å². The van der Waals surface area contributed by atoms with E-state index in [1.165, 1.54) is 18.2 Å². The Bertz CT molecular complexity index is 613. The average Bonchev–Trinajstić information content (AvgIpc) is 2.37. The minimum absolute atomic E-state index is 0.122. The molecule has 3 nitrogen and oxygen atoms in total. The minimum atomic E-state index is -1.04. The second-order valence-electron chi connectivity index (χ2n) is 3.87. The van der Waals surface area contributed by atoms with Crippen LogP contribution in [0.1, 0.15) is 15.9 Å². The monoisotopic (exact) mass is 324 g/mol. The number of carboxylic acid groups (broad SMARTS) is 1. The summed E-state index contributed by atoms with van der Waals surface area (Å²) in [6.07, 6.45) is 0. The number of aromatic carboxylic acids is 1. The molecule has 0 aromatic heterocycles. The molecule has 0 heterocycles. The molecule has 2 rings (SSSR count). The summed E-state index contributed by atoms with van der Waals surface area (Å²) in [6, 6.07) is 10.7. The Labute approximate surface area is 117 Å². The van der Waals surface area contributed by atoms with Gasteiger partial charge in [-0.15, -0.1) is 0 Å². The van der Waals surface area contributed by atoms with E-state index in [9.17, 15) is 9.18 Å². The van der Waals surface area contributed by atoms with Crippen molar-refractivity contribution in [1.82, 2.24) is 0 Å². The lowest BCUT2D eigenvalue weighted by Crippen LogP contribution is -2.00. The van der Waals surface area contributed by atoms with E-state index in [2.05, 4.69) is 15.9 Å². The summed E-state index contributed by atoms with van der Waals surface area (Å²) in [5.74, 6) is -0.948. The molecule has 2 aromatic rings. The molecule has 0 aliphatic heterocycles. The topological polar surface area (TPSA) is 46.5 Å². The highest BCUT2D eigenvalue weighted by atomic mass is 79.9. The molecule has 5 heteroatoms. The normalized spacial score (nSPS) is 10.2. The molecule has 0 unspecified atom stereocenters. The molecule has 0 amide bonds. The van der Waals surface area contributed by atoms with Crippen molar-refractivity contribution in [2.75, 3.05) is 0 Å². The summed E-state index contributed by atoms with van der Waals surface area (Å²) in [5.41, 5.74) is 0.802. The fourth-order valence-electron chi connectivity index (χ4n) is 1.55. The maximum absolute atomic E-state index is 13.0. The summed E-state index contributed by atoms with van der Waals surface area (Å²) < 4.78 is 18.9. The highest BCUT2D eigenvalue weighted by molar-refractivity contribution is 9.10. The highest BCUT2D eigenvalue weighted by Gasteiger charge is 2.09. The van der Waals surface area contributed by atoms with Gasteiger partial charge >= 0.3 is 5.97 Å². The number of carbonyl (C=O) groups is 1. The standard InChI is InChI=1S/C14H10BrFO3/c15-13-5-4-11(7-12(13)14(17)18)19-8-9-2-1-3-10(16)6-9/h1-7H,8H2,(H,17,18). The van der Waals surface area contributed by atoms with Crippen molar-refractivity contribution in [2.24, 2.45) is 0 Å². The predicted octanol–water partition coefficient (Wildman–Crippen LogP) is 3.87. The van der Waals surface area contributed by atoms with Gasteiger partial charge in [0.2, 0.25) is 0 Å². The SMILES string of the molecule is O=C(O)c1cc(OCc2cccc(F)c2)ccc1Br. The zero-order chi connectivity index (χ0) is 13.8. The molecule has 98 valence electrons. The molecule has 0 radical (unpaired) electrons. The van der Waals surface area contributed by atoms with Crippen LogP contribution in [0.3, 0.4) is 0 Å². The smallest absolute Gasteiger partial charge is 0.336 e. The molecule has 0 fully saturated rings. The van der Waals surface area contributed by atoms with Gasteiger partial charge in [-0.3, -0.25) is 0 Å². The van der Waals surface area contributed by atoms with Gasteiger partial charge in [-0.05, 0) is 51.8 Å². The van der Waals surface area contributed by atoms with E-state index in [1.807, 2.05) is 0 Å². The zero-order valence-electron chi connectivity index (χ0n) is 9.77. The van der Waals surface area contributed by atoms with Crippen molar-refractivity contribution in [3.05, 3.63) is 63.9 Å². The largest absolute Gasteiger partial charge is 0.489 e. The Balaban J connectivity index is 2.12. The van der Waals surface area contributed by atoms with E-state index < -0.39 is 5.97 Å². The second kappa shape index (κ2) is 5.84. The number of benzene rings is 2. The number of hydrogen-bond acceptors (Lipinski definition) is 2. The van der Waals surface area contributed by atoms with Gasteiger partial charge in [0.1, 0.15) is 18.2 Å². The van der Waals surface area contributed by atoms with Crippen LogP contribution in [-0.4, -0.2) is 11.1 Å². The predicted molar refractivity (Wildman–Crippen MR) is 71.8 cm³/mol. The maximum Gasteiger partial charge on any atom is 0.336 e. The van der Waals surface area contributed by atoms with E-state index in [-0.39, 0.29) is 18.0 Å². The minimum Gasteiger partial charge on any atom is -0.489 e. The molecular formula is C14H10BrFO3. The van der Waals surface area contributed by atoms with Crippen molar-refractivity contribution in [3.63, 3.8) is 0 Å². The van der Waals surface area contributed by atoms with Crippen molar-refractivity contribution < 1.29 is 19.0 Å². The first-order valence-corrected chi connectivity index (χ1v) is 6.25. The molecule has 19 heavy (non-hydrogen) atoms. The van der Waals surface area contributed by atoms with E-state index in [0.717, 1.165) is 0 Å². The second-order valence-corrected chi connectivity index (χ2v) is 4.72. The molecule has 0 atom stereocenters. The summed E-state index contributed by atoms with van der Waals surface area (Å²) in [6.45, 7) is 0.179. The van der Waals surface area contributed by atoms with E-state index in [4.69, 9.17) is 9.84 Å². The fraction of sp³-hybridized carbons (Fsp3) is 0.0714. The van der Waals surface area contributed by atoms with Gasteiger partial charge in [-0.25, -0.2) is 9.18 Å². The summed E-state index contributed by atoms with van der Waals surface area (Å²) in [5, 5.41) is 8.98. The van der Waals surface area contributed by atoms with Crippen LogP contribution in [0.25, 0.3) is 0 Å². The third-order valence-corrected chi connectivity index (χ3v) is 3.15. The quantitative estimate of drug-likeness (QED) is 0.928. The van der Waals surface area contributed by atoms with Gasteiger partial charge in [0.15, 0.2) is 0 Å². The van der Waals surface area contributed by atoms with Crippen molar-refractivity contribution in [1.29, 1.82) is 0 Å². The molecule has 0 bridgehead atoms. The Morgan fingerprint density at radius 2 is 2.05 bits per heavy atom. The Hall–Kier alpha value is -1.88. The molecule has 0 aliphatic rings. The van der Waals surface area contributed by atoms with Crippen LogP contribution in [-0.2, 0) is 6.61 Å². The number of halogens is 2. The molecule has 0 spiro atoms. The van der Waals surface area contributed by atoms with Crippen LogP contribution in [0.2, 0.25) is 0 Å². The molecule has 1 N–H and O–H groups in total. The van der Waals surface area contributed by atoms with Gasteiger partial charge in [0.05, 0.1) is 5.56 Å². The first kappa shape index (κ1) is 13.5. The lowest BCUT2D eigenvalue weighted by Gasteiger charge is -2.08. The van der Waals surface area contributed by atoms with Crippen molar-refractivity contribution >= 4 is 21.9 Å². The Morgan fingerprint density at radius 1 is 1.26 bits per heavy atom. The van der Waals surface area contributed by atoms with Gasteiger partial charge in [-0.1, -0.05) is 12.1 Å². The van der Waals surface area contributed by atoms with Gasteiger partial charge in [0, 0.05) is 4.47 Å². The Morgan fingerprint density at radius 3 is 2.74 bits per heavy atom. The van der Waals surface area contributed by atoms with E-state index >= 15 is 0 Å². The van der Waals surface area contributed by atoms with Crippen LogP contribution < -0.4 is 4.74 Å². The molecule has 0 saturated heterocycles. The van der Waals surface area contributed by atoms with Gasteiger partial charge in [-0.2, -0.15) is 0 Å². The number of hydrogen-bond donors (Lipinski definition) is 1. The zero-order valence-corrected chi connectivity index (χ0v) is 11.4. The van der Waals surface area contributed by atoms with E-state index in [1.54, 1.807) is 24.3 Å². The average molecular weight is 325 g/mol. The first-order chi connectivity index (χ1) is 9.06. The van der Waals surface area contributed by atoms with Crippen LogP contribution in [0, 0.1) is 5.82 Å². The van der Waals surface area contributed by atoms with E-state index in [0.29, 0.717) is 15.8 Å². The summed E-state index contributed by atoms with van der Waals surface area (Å²) in [7, 11) is 0. The molecule has 0 aliphatic carbocycles. The van der Waals surface area contributed by atoms with Gasteiger partial charge < -0.3 is 9.84 Å². The summed E-state index contributed by atoms with van der Waals surface area (Å²) in [4.78, 5) is 11.0. The maximum atomic E-state index is 13.0. The number of rotatable bonds is 4. The molecule has 2 aromatic carbocycles. The lowest BCUT2D eigenvalue weighted by atomic mass is 10.2. The third-order valence-electron chi connectivity index (χ3n) is 2.46. The van der Waals surface area contributed by atoms with Crippen LogP contribution >= 0.6 is 15.9 Å². The molecular weight excluding hydrogens is 315 g/mol. The first-order valence-electron chi connectivity index (χ1n) is 5.46. The number of ether oxygens (including phenoxy) is 1.